The highest BCUT2D eigenvalue weighted by Crippen LogP contribution is 2.29. The Kier molecular flexibility index (Phi) is 3.76. The molecule has 0 radical (unpaired) electrons. The maximum absolute atomic E-state index is 13.8. The Balaban J connectivity index is 2.06. The molecule has 0 bridgehead atoms. The fraction of sp³-hybridized carbons (Fsp3) is 0.222. The smallest absolute Gasteiger partial charge is 0.169 e. The Morgan fingerprint density at radius 1 is 1.14 bits per heavy atom. The molecule has 0 amide bonds. The third-order valence-electron chi connectivity index (χ3n) is 3.62. The molecule has 1 unspecified atom stereocenters. The quantitative estimate of drug-likeness (QED) is 0.758. The predicted molar refractivity (Wildman–Crippen MR) is 82.9 cm³/mol. The van der Waals surface area contributed by atoms with Gasteiger partial charge in [-0.25, -0.2) is 4.39 Å². The van der Waals surface area contributed by atoms with Gasteiger partial charge in [0, 0.05) is 5.39 Å². The van der Waals surface area contributed by atoms with E-state index in [1.807, 2.05) is 19.1 Å². The van der Waals surface area contributed by atoms with Crippen LogP contribution in [0.25, 0.3) is 11.0 Å². The number of hydrogen-bond acceptors (Lipinski definition) is 2. The molecule has 1 heterocycles. The molecular formula is C18H18FNO. The number of halogens is 1. The topological polar surface area (TPSA) is 25.2 Å². The maximum atomic E-state index is 13.8. The minimum atomic E-state index is -0.321. The van der Waals surface area contributed by atoms with Crippen LogP contribution in [-0.4, -0.2) is 6.54 Å². The van der Waals surface area contributed by atoms with Crippen molar-refractivity contribution in [1.82, 2.24) is 5.32 Å². The van der Waals surface area contributed by atoms with Gasteiger partial charge >= 0.3 is 0 Å². The summed E-state index contributed by atoms with van der Waals surface area (Å²) in [5.41, 5.74) is 2.65. The van der Waals surface area contributed by atoms with Gasteiger partial charge in [0.05, 0.1) is 6.04 Å². The molecule has 1 atom stereocenters. The van der Waals surface area contributed by atoms with Gasteiger partial charge < -0.3 is 9.73 Å². The first-order chi connectivity index (χ1) is 10.2. The van der Waals surface area contributed by atoms with Gasteiger partial charge in [-0.1, -0.05) is 48.9 Å². The van der Waals surface area contributed by atoms with Crippen molar-refractivity contribution in [1.29, 1.82) is 0 Å². The summed E-state index contributed by atoms with van der Waals surface area (Å²) >= 11 is 0. The standard InChI is InChI=1S/C18H18FNO/c1-3-20-17(13-9-7-12(2)8-10-13)16-11-14-5-4-6-15(19)18(14)21-16/h4-11,17,20H,3H2,1-2H3. The van der Waals surface area contributed by atoms with Crippen molar-refractivity contribution in [3.8, 4) is 0 Å². The monoisotopic (exact) mass is 283 g/mol. The normalized spacial score (nSPS) is 12.7. The van der Waals surface area contributed by atoms with E-state index in [4.69, 9.17) is 4.42 Å². The van der Waals surface area contributed by atoms with Crippen LogP contribution in [0.4, 0.5) is 4.39 Å². The summed E-state index contributed by atoms with van der Waals surface area (Å²) in [6.45, 7) is 4.91. The molecule has 0 aliphatic rings. The third-order valence-corrected chi connectivity index (χ3v) is 3.62. The van der Waals surface area contributed by atoms with Gasteiger partial charge in [0.1, 0.15) is 5.76 Å². The Labute approximate surface area is 123 Å². The number of rotatable bonds is 4. The van der Waals surface area contributed by atoms with Crippen molar-refractivity contribution >= 4 is 11.0 Å². The lowest BCUT2D eigenvalue weighted by molar-refractivity contribution is 0.465. The zero-order chi connectivity index (χ0) is 14.8. The van der Waals surface area contributed by atoms with E-state index in [0.717, 1.165) is 23.3 Å². The largest absolute Gasteiger partial charge is 0.456 e. The molecule has 3 heteroatoms. The molecule has 1 aromatic heterocycles. The summed E-state index contributed by atoms with van der Waals surface area (Å²) in [7, 11) is 0. The highest BCUT2D eigenvalue weighted by molar-refractivity contribution is 5.78. The molecule has 0 fully saturated rings. The molecule has 0 saturated carbocycles. The molecular weight excluding hydrogens is 265 g/mol. The average Bonchev–Trinajstić information content (AvgIpc) is 2.91. The Morgan fingerprint density at radius 3 is 2.57 bits per heavy atom. The number of para-hydroxylation sites is 1. The van der Waals surface area contributed by atoms with Crippen LogP contribution in [0.5, 0.6) is 0 Å². The molecule has 108 valence electrons. The minimum Gasteiger partial charge on any atom is -0.456 e. The first kappa shape index (κ1) is 13.8. The number of hydrogen-bond donors (Lipinski definition) is 1. The molecule has 2 aromatic carbocycles. The van der Waals surface area contributed by atoms with Crippen LogP contribution in [0.3, 0.4) is 0 Å². The number of aryl methyl sites for hydroxylation is 1. The van der Waals surface area contributed by atoms with Crippen LogP contribution in [0, 0.1) is 12.7 Å². The molecule has 0 aliphatic carbocycles. The van der Waals surface area contributed by atoms with Gasteiger partial charge in [0.25, 0.3) is 0 Å². The third kappa shape index (κ3) is 2.69. The first-order valence-electron chi connectivity index (χ1n) is 7.17. The SMILES string of the molecule is CCNC(c1ccc(C)cc1)c1cc2cccc(F)c2o1. The van der Waals surface area contributed by atoms with E-state index in [1.54, 1.807) is 6.07 Å². The lowest BCUT2D eigenvalue weighted by Gasteiger charge is -2.16. The summed E-state index contributed by atoms with van der Waals surface area (Å²) in [6.07, 6.45) is 0. The fourth-order valence-corrected chi connectivity index (χ4v) is 2.54. The number of fused-ring (bicyclic) bond motifs is 1. The minimum absolute atomic E-state index is 0.0672. The van der Waals surface area contributed by atoms with E-state index < -0.39 is 0 Å². The Bertz CT molecular complexity index is 746. The van der Waals surface area contributed by atoms with Gasteiger partial charge in [-0.15, -0.1) is 0 Å². The molecule has 0 spiro atoms. The number of furan rings is 1. The lowest BCUT2D eigenvalue weighted by atomic mass is 10.0. The van der Waals surface area contributed by atoms with Crippen LogP contribution < -0.4 is 5.32 Å². The molecule has 3 aromatic rings. The van der Waals surface area contributed by atoms with Crippen molar-refractivity contribution < 1.29 is 8.81 Å². The van der Waals surface area contributed by atoms with Gasteiger partial charge in [0.2, 0.25) is 0 Å². The molecule has 0 saturated heterocycles. The van der Waals surface area contributed by atoms with Crippen molar-refractivity contribution in [2.24, 2.45) is 0 Å². The van der Waals surface area contributed by atoms with E-state index in [2.05, 4.69) is 36.5 Å². The molecule has 3 rings (SSSR count). The highest BCUT2D eigenvalue weighted by atomic mass is 19.1. The summed E-state index contributed by atoms with van der Waals surface area (Å²) in [4.78, 5) is 0. The fourth-order valence-electron chi connectivity index (χ4n) is 2.54. The summed E-state index contributed by atoms with van der Waals surface area (Å²) in [6, 6.07) is 15.1. The van der Waals surface area contributed by atoms with Gasteiger partial charge in [-0.2, -0.15) is 0 Å². The Morgan fingerprint density at radius 2 is 1.90 bits per heavy atom. The Hall–Kier alpha value is -2.13. The molecule has 21 heavy (non-hydrogen) atoms. The van der Waals surface area contributed by atoms with E-state index in [-0.39, 0.29) is 11.9 Å². The predicted octanol–water partition coefficient (Wildman–Crippen LogP) is 4.58. The van der Waals surface area contributed by atoms with Crippen molar-refractivity contribution in [2.75, 3.05) is 6.54 Å². The first-order valence-corrected chi connectivity index (χ1v) is 7.17. The van der Waals surface area contributed by atoms with Crippen LogP contribution in [0.15, 0.2) is 52.9 Å². The lowest BCUT2D eigenvalue weighted by Crippen LogP contribution is -2.21. The van der Waals surface area contributed by atoms with Crippen LogP contribution in [-0.2, 0) is 0 Å². The van der Waals surface area contributed by atoms with Crippen molar-refractivity contribution in [3.63, 3.8) is 0 Å². The summed E-state index contributed by atoms with van der Waals surface area (Å²) < 4.78 is 19.6. The second-order valence-corrected chi connectivity index (χ2v) is 5.21. The van der Waals surface area contributed by atoms with E-state index in [1.165, 1.54) is 11.6 Å². The summed E-state index contributed by atoms with van der Waals surface area (Å²) in [5.74, 6) is 0.415. The van der Waals surface area contributed by atoms with E-state index in [9.17, 15) is 4.39 Å². The molecule has 0 aliphatic heterocycles. The summed E-state index contributed by atoms with van der Waals surface area (Å²) in [5, 5.41) is 4.19. The number of nitrogens with one attached hydrogen (secondary N) is 1. The molecule has 1 N–H and O–H groups in total. The zero-order valence-electron chi connectivity index (χ0n) is 12.2. The van der Waals surface area contributed by atoms with E-state index >= 15 is 0 Å². The van der Waals surface area contributed by atoms with Gasteiger partial charge in [-0.05, 0) is 31.2 Å². The van der Waals surface area contributed by atoms with Gasteiger partial charge in [0.15, 0.2) is 11.4 Å². The average molecular weight is 283 g/mol. The highest BCUT2D eigenvalue weighted by Gasteiger charge is 2.18. The van der Waals surface area contributed by atoms with E-state index in [0.29, 0.717) is 5.58 Å². The second kappa shape index (κ2) is 5.70. The van der Waals surface area contributed by atoms with Crippen LogP contribution >= 0.6 is 0 Å². The van der Waals surface area contributed by atoms with Crippen LogP contribution in [0.1, 0.15) is 29.9 Å². The molecule has 2 nitrogen and oxygen atoms in total. The zero-order valence-corrected chi connectivity index (χ0v) is 12.2. The van der Waals surface area contributed by atoms with Gasteiger partial charge in [-0.3, -0.25) is 0 Å². The van der Waals surface area contributed by atoms with Crippen LogP contribution in [0.2, 0.25) is 0 Å². The van der Waals surface area contributed by atoms with Crippen molar-refractivity contribution in [3.05, 3.63) is 71.2 Å². The number of benzene rings is 2. The second-order valence-electron chi connectivity index (χ2n) is 5.21. The van der Waals surface area contributed by atoms with Crippen molar-refractivity contribution in [2.45, 2.75) is 19.9 Å². The maximum Gasteiger partial charge on any atom is 0.169 e.